The van der Waals surface area contributed by atoms with Crippen molar-refractivity contribution in [2.45, 2.75) is 13.3 Å². The van der Waals surface area contributed by atoms with Crippen LogP contribution in [-0.2, 0) is 0 Å². The normalized spacial score (nSPS) is 10.6. The third kappa shape index (κ3) is 3.79. The number of methoxy groups -OCH3 is 2. The summed E-state index contributed by atoms with van der Waals surface area (Å²) in [6, 6.07) is 12.3. The molecule has 0 unspecified atom stereocenters. The van der Waals surface area contributed by atoms with Crippen molar-refractivity contribution in [1.29, 1.82) is 0 Å². The summed E-state index contributed by atoms with van der Waals surface area (Å²) in [4.78, 5) is 16.4. The maximum Gasteiger partial charge on any atom is 0.336 e. The number of ether oxygens (including phenoxy) is 3. The number of hydrogen-bond donors (Lipinski definition) is 1. The summed E-state index contributed by atoms with van der Waals surface area (Å²) >= 11 is 0. The molecule has 1 aromatic heterocycles. The van der Waals surface area contributed by atoms with Crippen molar-refractivity contribution in [3.05, 3.63) is 48.0 Å². The lowest BCUT2D eigenvalue weighted by Crippen LogP contribution is -2.01. The van der Waals surface area contributed by atoms with Gasteiger partial charge in [0.15, 0.2) is 11.5 Å². The molecule has 0 spiro atoms. The Labute approximate surface area is 157 Å². The highest BCUT2D eigenvalue weighted by Crippen LogP contribution is 2.34. The van der Waals surface area contributed by atoms with Crippen LogP contribution in [0.2, 0.25) is 0 Å². The molecular weight excluding hydrogens is 346 g/mol. The monoisotopic (exact) mass is 367 g/mol. The van der Waals surface area contributed by atoms with Gasteiger partial charge in [-0.3, -0.25) is 0 Å². The minimum Gasteiger partial charge on any atom is -0.494 e. The first-order valence-electron chi connectivity index (χ1n) is 8.60. The minimum absolute atomic E-state index is 0.155. The van der Waals surface area contributed by atoms with E-state index in [-0.39, 0.29) is 5.56 Å². The van der Waals surface area contributed by atoms with Crippen LogP contribution in [0.3, 0.4) is 0 Å². The minimum atomic E-state index is -1.03. The molecule has 27 heavy (non-hydrogen) atoms. The number of benzene rings is 2. The first-order chi connectivity index (χ1) is 13.1. The first kappa shape index (κ1) is 18.5. The summed E-state index contributed by atoms with van der Waals surface area (Å²) in [6.45, 7) is 2.70. The Balaban J connectivity index is 2.12. The zero-order chi connectivity index (χ0) is 19.4. The van der Waals surface area contributed by atoms with Crippen molar-refractivity contribution >= 4 is 16.9 Å². The maximum atomic E-state index is 11.8. The van der Waals surface area contributed by atoms with Crippen molar-refractivity contribution < 1.29 is 24.1 Å². The highest BCUT2D eigenvalue weighted by atomic mass is 16.5. The number of carboxylic acids is 1. The van der Waals surface area contributed by atoms with Crippen molar-refractivity contribution in [2.75, 3.05) is 20.8 Å². The first-order valence-corrected chi connectivity index (χ1v) is 8.60. The van der Waals surface area contributed by atoms with Crippen molar-refractivity contribution in [3.8, 4) is 28.5 Å². The van der Waals surface area contributed by atoms with Gasteiger partial charge in [-0.1, -0.05) is 6.92 Å². The molecule has 140 valence electrons. The Hall–Kier alpha value is -3.28. The summed E-state index contributed by atoms with van der Waals surface area (Å²) in [5.74, 6) is 0.693. The van der Waals surface area contributed by atoms with E-state index in [4.69, 9.17) is 14.2 Å². The zero-order valence-electron chi connectivity index (χ0n) is 15.5. The Morgan fingerprint density at radius 1 is 1.04 bits per heavy atom. The van der Waals surface area contributed by atoms with E-state index < -0.39 is 5.97 Å². The fourth-order valence-electron chi connectivity index (χ4n) is 2.82. The average Bonchev–Trinajstić information content (AvgIpc) is 2.70. The second-order valence-corrected chi connectivity index (χ2v) is 5.96. The number of fused-ring (bicyclic) bond motifs is 1. The predicted octanol–water partition coefficient (Wildman–Crippen LogP) is 4.41. The molecule has 3 rings (SSSR count). The van der Waals surface area contributed by atoms with Crippen LogP contribution < -0.4 is 14.2 Å². The summed E-state index contributed by atoms with van der Waals surface area (Å²) in [7, 11) is 3.04. The van der Waals surface area contributed by atoms with Gasteiger partial charge in [0.05, 0.1) is 37.6 Å². The molecule has 0 radical (unpaired) electrons. The van der Waals surface area contributed by atoms with E-state index in [1.54, 1.807) is 18.2 Å². The van der Waals surface area contributed by atoms with Crippen LogP contribution in [0.15, 0.2) is 42.5 Å². The number of nitrogens with zero attached hydrogens (tertiary/aromatic N) is 1. The van der Waals surface area contributed by atoms with Crippen molar-refractivity contribution in [2.24, 2.45) is 0 Å². The highest BCUT2D eigenvalue weighted by molar-refractivity contribution is 6.04. The average molecular weight is 367 g/mol. The van der Waals surface area contributed by atoms with Gasteiger partial charge in [-0.25, -0.2) is 9.78 Å². The summed E-state index contributed by atoms with van der Waals surface area (Å²) < 4.78 is 16.2. The molecule has 1 N–H and O–H groups in total. The van der Waals surface area contributed by atoms with Gasteiger partial charge in [0.25, 0.3) is 0 Å². The third-order valence-electron chi connectivity index (χ3n) is 4.17. The molecule has 0 aliphatic rings. The summed E-state index contributed by atoms with van der Waals surface area (Å²) in [5, 5.41) is 10.2. The van der Waals surface area contributed by atoms with Crippen LogP contribution in [0, 0.1) is 0 Å². The molecule has 0 fully saturated rings. The van der Waals surface area contributed by atoms with Gasteiger partial charge < -0.3 is 19.3 Å². The van der Waals surface area contributed by atoms with E-state index in [9.17, 15) is 9.90 Å². The standard InChI is InChI=1S/C21H21NO5/c1-4-9-27-14-7-5-13(6-8-14)17-10-16(21(23)24)15-11-19(25-2)20(26-3)12-18(15)22-17/h5-8,10-12H,4,9H2,1-3H3,(H,23,24). The molecule has 0 bridgehead atoms. The molecular formula is C21H21NO5. The summed E-state index contributed by atoms with van der Waals surface area (Å²) in [6.07, 6.45) is 0.932. The number of carboxylic acid groups (broad SMARTS) is 1. The summed E-state index contributed by atoms with van der Waals surface area (Å²) in [5.41, 5.74) is 2.04. The van der Waals surface area contributed by atoms with Gasteiger partial charge in [0, 0.05) is 17.0 Å². The van der Waals surface area contributed by atoms with E-state index in [1.807, 2.05) is 31.2 Å². The van der Waals surface area contributed by atoms with Crippen molar-refractivity contribution in [1.82, 2.24) is 4.98 Å². The van der Waals surface area contributed by atoms with E-state index in [0.717, 1.165) is 17.7 Å². The fraction of sp³-hybridized carbons (Fsp3) is 0.238. The Kier molecular flexibility index (Phi) is 5.45. The molecule has 3 aromatic rings. The van der Waals surface area contributed by atoms with E-state index in [0.29, 0.717) is 34.7 Å². The number of carbonyl (C=O) groups is 1. The third-order valence-corrected chi connectivity index (χ3v) is 4.17. The molecule has 6 nitrogen and oxygen atoms in total. The van der Waals surface area contributed by atoms with E-state index >= 15 is 0 Å². The van der Waals surface area contributed by atoms with Crippen LogP contribution in [0.4, 0.5) is 0 Å². The number of aromatic carboxylic acids is 1. The molecule has 0 atom stereocenters. The smallest absolute Gasteiger partial charge is 0.336 e. The van der Waals surface area contributed by atoms with Gasteiger partial charge in [-0.05, 0) is 42.8 Å². The largest absolute Gasteiger partial charge is 0.494 e. The second kappa shape index (κ2) is 7.95. The lowest BCUT2D eigenvalue weighted by molar-refractivity contribution is 0.0699. The van der Waals surface area contributed by atoms with Crippen LogP contribution in [-0.4, -0.2) is 36.9 Å². The van der Waals surface area contributed by atoms with Gasteiger partial charge in [-0.15, -0.1) is 0 Å². The van der Waals surface area contributed by atoms with Crippen LogP contribution in [0.5, 0.6) is 17.2 Å². The number of hydrogen-bond acceptors (Lipinski definition) is 5. The zero-order valence-corrected chi connectivity index (χ0v) is 15.5. The van der Waals surface area contributed by atoms with Crippen molar-refractivity contribution in [3.63, 3.8) is 0 Å². The molecule has 0 amide bonds. The Bertz CT molecular complexity index is 966. The fourth-order valence-corrected chi connectivity index (χ4v) is 2.82. The van der Waals surface area contributed by atoms with Gasteiger partial charge >= 0.3 is 5.97 Å². The Morgan fingerprint density at radius 3 is 2.30 bits per heavy atom. The predicted molar refractivity (Wildman–Crippen MR) is 103 cm³/mol. The SMILES string of the molecule is CCCOc1ccc(-c2cc(C(=O)O)c3cc(OC)c(OC)cc3n2)cc1. The molecule has 0 saturated carbocycles. The molecule has 2 aromatic carbocycles. The molecule has 1 heterocycles. The molecule has 0 saturated heterocycles. The number of pyridine rings is 1. The topological polar surface area (TPSA) is 77.9 Å². The Morgan fingerprint density at radius 2 is 1.70 bits per heavy atom. The van der Waals surface area contributed by atoms with E-state index in [2.05, 4.69) is 4.98 Å². The number of aromatic nitrogens is 1. The van der Waals surface area contributed by atoms with Gasteiger partial charge in [0.1, 0.15) is 5.75 Å². The van der Waals surface area contributed by atoms with Crippen LogP contribution in [0.1, 0.15) is 23.7 Å². The van der Waals surface area contributed by atoms with Gasteiger partial charge in [-0.2, -0.15) is 0 Å². The molecule has 0 aliphatic carbocycles. The van der Waals surface area contributed by atoms with Crippen LogP contribution in [0.25, 0.3) is 22.2 Å². The van der Waals surface area contributed by atoms with Gasteiger partial charge in [0.2, 0.25) is 0 Å². The lowest BCUT2D eigenvalue weighted by Gasteiger charge is -2.12. The lowest BCUT2D eigenvalue weighted by atomic mass is 10.0. The number of rotatable bonds is 7. The second-order valence-electron chi connectivity index (χ2n) is 5.96. The van der Waals surface area contributed by atoms with E-state index in [1.165, 1.54) is 14.2 Å². The molecule has 0 aliphatic heterocycles. The highest BCUT2D eigenvalue weighted by Gasteiger charge is 2.16. The van der Waals surface area contributed by atoms with Crippen LogP contribution >= 0.6 is 0 Å². The maximum absolute atomic E-state index is 11.8. The molecule has 6 heteroatoms. The quantitative estimate of drug-likeness (QED) is 0.667.